The van der Waals surface area contributed by atoms with E-state index in [2.05, 4.69) is 0 Å². The number of hydrogen-bond donors (Lipinski definition) is 0. The molecule has 0 rings (SSSR count). The summed E-state index contributed by atoms with van der Waals surface area (Å²) in [6, 6.07) is 0. The summed E-state index contributed by atoms with van der Waals surface area (Å²) in [5.74, 6) is 0. The minimum absolute atomic E-state index is 3.19. The first-order valence-corrected chi connectivity index (χ1v) is 7.12. The Labute approximate surface area is 42.8 Å². The van der Waals surface area contributed by atoms with Crippen LogP contribution in [-0.2, 0) is 12.8 Å². The van der Waals surface area contributed by atoms with E-state index in [1.165, 1.54) is 0 Å². The fraction of sp³-hybridized carbons (Fsp3) is 0. The van der Waals surface area contributed by atoms with Crippen molar-refractivity contribution in [3.8, 4) is 0 Å². The summed E-state index contributed by atoms with van der Waals surface area (Å²) in [5, 5.41) is 0. The molecule has 0 aliphatic rings. The van der Waals surface area contributed by atoms with Gasteiger partial charge in [0.1, 0.15) is 0 Å². The summed E-state index contributed by atoms with van der Waals surface area (Å²) in [5.41, 5.74) is 0. The molecule has 0 nitrogen and oxygen atoms in total. The van der Waals surface area contributed by atoms with Gasteiger partial charge in [0.05, 0.1) is 0 Å². The molecule has 0 saturated heterocycles. The molecule has 0 radical (unpaired) electrons. The average Bonchev–Trinajstić information content (AvgIpc) is 0.722. The summed E-state index contributed by atoms with van der Waals surface area (Å²) >= 11 is -3.19. The van der Waals surface area contributed by atoms with Gasteiger partial charge in [-0.05, 0) is 0 Å². The van der Waals surface area contributed by atoms with Crippen molar-refractivity contribution in [1.29, 1.82) is 0.832 Å². The quantitative estimate of drug-likeness (QED) is 0.534. The van der Waals surface area contributed by atoms with Gasteiger partial charge < -0.3 is 0 Å². The molecule has 0 bridgehead atoms. The van der Waals surface area contributed by atoms with Gasteiger partial charge in [0.15, 0.2) is 0 Å². The first-order valence-electron chi connectivity index (χ1n) is 0.754. The van der Waals surface area contributed by atoms with Crippen molar-refractivity contribution in [2.75, 3.05) is 0 Å². The van der Waals surface area contributed by atoms with Crippen LogP contribution in [0.3, 0.4) is 0 Å². The fourth-order valence-corrected chi connectivity index (χ4v) is 0. The van der Waals surface area contributed by atoms with Gasteiger partial charge in [0.2, 0.25) is 0 Å². The van der Waals surface area contributed by atoms with Crippen molar-refractivity contribution in [3.63, 3.8) is 0 Å². The van der Waals surface area contributed by atoms with Gasteiger partial charge in [0.25, 0.3) is 0 Å². The Kier molecular flexibility index (Phi) is 2.50. The third-order valence-corrected chi connectivity index (χ3v) is 0. The maximum absolute atomic E-state index is 6.40. The van der Waals surface area contributed by atoms with E-state index in [9.17, 15) is 0 Å². The number of hydrogen-bond acceptors (Lipinski definition) is 0. The molecule has 0 aromatic heterocycles. The summed E-state index contributed by atoms with van der Waals surface area (Å²) in [7, 11) is 14.7. The Hall–Kier alpha value is 1.49. The zero-order chi connectivity index (χ0) is 4.50. The van der Waals surface area contributed by atoms with Crippen molar-refractivity contribution in [3.05, 3.63) is 0 Å². The first-order chi connectivity index (χ1) is 2.00. The van der Waals surface area contributed by atoms with Crippen molar-refractivity contribution in [2.24, 2.45) is 0 Å². The SMILES string of the molecule is [2H][Ru]([Cl])([Cl])[Cl]. The molecule has 0 saturated carbocycles. The third-order valence-electron chi connectivity index (χ3n) is 0. The van der Waals surface area contributed by atoms with E-state index in [0.29, 0.717) is 0 Å². The maximum atomic E-state index is 6.40. The molecule has 0 spiro atoms. The van der Waals surface area contributed by atoms with Gasteiger partial charge in [-0.15, -0.1) is 0 Å². The van der Waals surface area contributed by atoms with Gasteiger partial charge in [-0.2, -0.15) is 0 Å². The summed E-state index contributed by atoms with van der Waals surface area (Å²) < 4.78 is 6.40. The van der Waals surface area contributed by atoms with Gasteiger partial charge >= 0.3 is 42.7 Å². The molecule has 0 aromatic rings. The van der Waals surface area contributed by atoms with Crippen LogP contribution < -0.4 is 0 Å². The molecule has 0 aliphatic heterocycles. The fourth-order valence-electron chi connectivity index (χ4n) is 0. The van der Waals surface area contributed by atoms with Crippen LogP contribution in [0.15, 0.2) is 0 Å². The molecule has 0 unspecified atom stereocenters. The molecule has 0 aliphatic carbocycles. The third kappa shape index (κ3) is 9.74. The Balaban J connectivity index is 3.02. The van der Waals surface area contributed by atoms with Gasteiger partial charge in [0, 0.05) is 0 Å². The Morgan fingerprint density at radius 3 is 1.50 bits per heavy atom. The predicted octanol–water partition coefficient (Wildman–Crippen LogP) is 1.80. The molecule has 0 atom stereocenters. The molecule has 4 heavy (non-hydrogen) atoms. The second-order valence-electron chi connectivity index (χ2n) is 0.152. The van der Waals surface area contributed by atoms with E-state index >= 15 is 0 Å². The molecule has 30 valence electrons. The zero-order valence-corrected chi connectivity index (χ0v) is 5.49. The van der Waals surface area contributed by atoms with E-state index in [4.69, 9.17) is 29.9 Å². The van der Waals surface area contributed by atoms with Crippen LogP contribution in [0.1, 0.15) is 0 Å². The van der Waals surface area contributed by atoms with Crippen molar-refractivity contribution < 1.29 is 12.8 Å². The van der Waals surface area contributed by atoms with Gasteiger partial charge in [-0.3, -0.25) is 0 Å². The summed E-state index contributed by atoms with van der Waals surface area (Å²) in [6.45, 7) is 0. The molecular formula is HCl3Ru. The van der Waals surface area contributed by atoms with Crippen molar-refractivity contribution in [1.82, 2.24) is 0 Å². The Bertz CT molecular complexity index is 22.4. The van der Waals surface area contributed by atoms with Crippen LogP contribution in [0.5, 0.6) is 0 Å². The predicted molar refractivity (Wildman–Crippen MR) is 19.0 cm³/mol. The molecule has 4 heteroatoms. The van der Waals surface area contributed by atoms with E-state index < -0.39 is 12.8 Å². The molecule has 0 aromatic carbocycles. The Morgan fingerprint density at radius 1 is 1.50 bits per heavy atom. The van der Waals surface area contributed by atoms with Gasteiger partial charge in [-0.25, -0.2) is 0 Å². The van der Waals surface area contributed by atoms with Crippen LogP contribution in [0.4, 0.5) is 0 Å². The zero-order valence-electron chi connectivity index (χ0n) is 2.49. The van der Waals surface area contributed by atoms with E-state index in [-0.39, 0.29) is 0 Å². The molecule has 0 amide bonds. The standard InChI is InChI=1S/3ClH.Ru.H/h3*1H;;/q;;;+3;/p-3/i;;;;1+1. The molecule has 0 N–H and O–H groups in total. The van der Waals surface area contributed by atoms with E-state index in [1.807, 2.05) is 0 Å². The van der Waals surface area contributed by atoms with Crippen molar-refractivity contribution >= 4 is 29.1 Å². The normalized spacial score (nSPS) is 19.2. The average molecular weight is 209 g/mol. The summed E-state index contributed by atoms with van der Waals surface area (Å²) in [4.78, 5) is 0. The van der Waals surface area contributed by atoms with Crippen LogP contribution in [0, 0.1) is 0 Å². The van der Waals surface area contributed by atoms with Crippen LogP contribution in [0.25, 0.3) is 0 Å². The second kappa shape index (κ2) is 2.72. The first kappa shape index (κ1) is 3.68. The molecule has 0 heterocycles. The molecular weight excluding hydrogens is 207 g/mol. The number of halogens is 3. The van der Waals surface area contributed by atoms with Crippen LogP contribution in [0.2, 0.25) is 0 Å². The van der Waals surface area contributed by atoms with Gasteiger partial charge in [-0.1, -0.05) is 0 Å². The molecule has 0 fully saturated rings. The van der Waals surface area contributed by atoms with E-state index in [0.717, 1.165) is 0 Å². The Morgan fingerprint density at radius 2 is 1.50 bits per heavy atom. The van der Waals surface area contributed by atoms with E-state index in [1.54, 1.807) is 0 Å². The minimum atomic E-state index is -3.19. The second-order valence-corrected chi connectivity index (χ2v) is 8.07. The van der Waals surface area contributed by atoms with Crippen LogP contribution >= 0.6 is 29.1 Å². The summed E-state index contributed by atoms with van der Waals surface area (Å²) in [6.07, 6.45) is 0. The monoisotopic (exact) mass is 209 g/mol. The number of rotatable bonds is 0. The van der Waals surface area contributed by atoms with Crippen LogP contribution in [-0.4, -0.2) is 0.832 Å². The topological polar surface area (TPSA) is 0 Å². The van der Waals surface area contributed by atoms with Crippen molar-refractivity contribution in [2.45, 2.75) is 0 Å².